The number of alkyl halides is 1. The molecule has 4 heteroatoms. The summed E-state index contributed by atoms with van der Waals surface area (Å²) >= 11 is 11.0. The molecule has 1 aromatic heterocycles. The van der Waals surface area contributed by atoms with Crippen molar-refractivity contribution in [3.05, 3.63) is 56.2 Å². The largest absolute Gasteiger partial charge is 0.291 e. The number of benzene rings is 1. The van der Waals surface area contributed by atoms with Crippen molar-refractivity contribution in [3.63, 3.8) is 0 Å². The van der Waals surface area contributed by atoms with Crippen LogP contribution in [0, 0.1) is 6.92 Å². The Hall–Kier alpha value is -0.640. The predicted molar refractivity (Wildman–Crippen MR) is 76.1 cm³/mol. The summed E-state index contributed by atoms with van der Waals surface area (Å²) in [5.74, 6) is -0.0448. The molecule has 2 rings (SSSR count). The fraction of sp³-hybridized carbons (Fsp3) is 0.154. The monoisotopic (exact) mass is 328 g/mol. The summed E-state index contributed by atoms with van der Waals surface area (Å²) in [6.07, 6.45) is 0. The molecule has 0 N–H and O–H groups in total. The summed E-state index contributed by atoms with van der Waals surface area (Å²) in [6, 6.07) is 11.3. The van der Waals surface area contributed by atoms with Crippen molar-refractivity contribution in [3.8, 4) is 0 Å². The number of halogens is 2. The first-order chi connectivity index (χ1) is 8.09. The molecule has 17 heavy (non-hydrogen) atoms. The van der Waals surface area contributed by atoms with Crippen LogP contribution < -0.4 is 0 Å². The van der Waals surface area contributed by atoms with Gasteiger partial charge in [-0.2, -0.15) is 0 Å². The van der Waals surface area contributed by atoms with E-state index in [0.29, 0.717) is 4.88 Å². The number of ketones is 1. The molecule has 0 amide bonds. The van der Waals surface area contributed by atoms with E-state index in [4.69, 9.17) is 11.6 Å². The number of hydrogen-bond acceptors (Lipinski definition) is 2. The first-order valence-corrected chi connectivity index (χ1v) is 7.13. The molecule has 2 aromatic rings. The first-order valence-electron chi connectivity index (χ1n) is 5.08. The van der Waals surface area contributed by atoms with Gasteiger partial charge in [0, 0.05) is 0 Å². The first kappa shape index (κ1) is 12.8. The van der Waals surface area contributed by atoms with Gasteiger partial charge in [0.15, 0.2) is 5.78 Å². The van der Waals surface area contributed by atoms with Gasteiger partial charge in [-0.1, -0.05) is 30.3 Å². The van der Waals surface area contributed by atoms with Crippen molar-refractivity contribution in [2.45, 2.75) is 12.3 Å². The lowest BCUT2D eigenvalue weighted by Crippen LogP contribution is -2.05. The number of carbonyl (C=O) groups is 1. The van der Waals surface area contributed by atoms with Crippen LogP contribution >= 0.6 is 38.9 Å². The normalized spacial score (nSPS) is 12.4. The number of rotatable bonds is 3. The Morgan fingerprint density at radius 1 is 1.35 bits per heavy atom. The highest BCUT2D eigenvalue weighted by Gasteiger charge is 2.21. The van der Waals surface area contributed by atoms with Crippen molar-refractivity contribution < 1.29 is 4.79 Å². The summed E-state index contributed by atoms with van der Waals surface area (Å²) in [4.78, 5) is 12.9. The highest BCUT2D eigenvalue weighted by molar-refractivity contribution is 9.11. The van der Waals surface area contributed by atoms with Crippen molar-refractivity contribution in [1.82, 2.24) is 0 Å². The summed E-state index contributed by atoms with van der Waals surface area (Å²) < 4.78 is 0.984. The van der Waals surface area contributed by atoms with Crippen LogP contribution in [0.4, 0.5) is 0 Å². The van der Waals surface area contributed by atoms with Crippen LogP contribution in [0.5, 0.6) is 0 Å². The van der Waals surface area contributed by atoms with E-state index in [1.165, 1.54) is 11.3 Å². The quantitative estimate of drug-likeness (QED) is 0.573. The van der Waals surface area contributed by atoms with Gasteiger partial charge in [0.1, 0.15) is 5.38 Å². The van der Waals surface area contributed by atoms with Gasteiger partial charge in [0.25, 0.3) is 0 Å². The van der Waals surface area contributed by atoms with E-state index in [-0.39, 0.29) is 5.78 Å². The van der Waals surface area contributed by atoms with Gasteiger partial charge >= 0.3 is 0 Å². The van der Waals surface area contributed by atoms with E-state index in [1.54, 1.807) is 0 Å². The molecule has 1 aromatic carbocycles. The topological polar surface area (TPSA) is 17.1 Å². The van der Waals surface area contributed by atoms with E-state index in [9.17, 15) is 4.79 Å². The third-order valence-electron chi connectivity index (χ3n) is 2.42. The van der Waals surface area contributed by atoms with E-state index < -0.39 is 5.38 Å². The average Bonchev–Trinajstić information content (AvgIpc) is 2.69. The smallest absolute Gasteiger partial charge is 0.195 e. The number of carbonyl (C=O) groups excluding carboxylic acids is 1. The third-order valence-corrected chi connectivity index (χ3v) is 5.02. The minimum absolute atomic E-state index is 0.0448. The lowest BCUT2D eigenvalue weighted by molar-refractivity contribution is 0.0991. The number of hydrogen-bond donors (Lipinski definition) is 0. The Bertz CT molecular complexity index is 516. The summed E-state index contributed by atoms with van der Waals surface area (Å²) in [7, 11) is 0. The Labute approximate surface area is 118 Å². The SMILES string of the molecule is Cc1cc(C(=O)C(Cl)c2ccccc2)sc1Br. The fourth-order valence-electron chi connectivity index (χ4n) is 1.48. The van der Waals surface area contributed by atoms with Gasteiger partial charge < -0.3 is 0 Å². The van der Waals surface area contributed by atoms with E-state index >= 15 is 0 Å². The Balaban J connectivity index is 2.26. The highest BCUT2D eigenvalue weighted by atomic mass is 79.9. The molecule has 1 unspecified atom stereocenters. The van der Waals surface area contributed by atoms with Crippen LogP contribution in [0.3, 0.4) is 0 Å². The van der Waals surface area contributed by atoms with Crippen LogP contribution in [0.1, 0.15) is 26.2 Å². The zero-order valence-corrected chi connectivity index (χ0v) is 12.3. The molecule has 88 valence electrons. The Kier molecular flexibility index (Phi) is 4.02. The van der Waals surface area contributed by atoms with Gasteiger partial charge in [-0.15, -0.1) is 22.9 Å². The van der Waals surface area contributed by atoms with E-state index in [1.807, 2.05) is 43.3 Å². The molecule has 0 aliphatic rings. The fourth-order valence-corrected chi connectivity index (χ4v) is 3.31. The Morgan fingerprint density at radius 3 is 2.53 bits per heavy atom. The van der Waals surface area contributed by atoms with Gasteiger partial charge in [-0.3, -0.25) is 4.79 Å². The molecule has 0 saturated heterocycles. The highest BCUT2D eigenvalue weighted by Crippen LogP contribution is 2.32. The van der Waals surface area contributed by atoms with Crippen molar-refractivity contribution in [2.24, 2.45) is 0 Å². The second-order valence-electron chi connectivity index (χ2n) is 3.70. The minimum atomic E-state index is -0.610. The Morgan fingerprint density at radius 2 is 2.00 bits per heavy atom. The van der Waals surface area contributed by atoms with Crippen LogP contribution in [-0.2, 0) is 0 Å². The maximum Gasteiger partial charge on any atom is 0.195 e. The molecular weight excluding hydrogens is 320 g/mol. The van der Waals surface area contributed by atoms with E-state index in [0.717, 1.165) is 14.9 Å². The maximum atomic E-state index is 12.2. The summed E-state index contributed by atoms with van der Waals surface area (Å²) in [6.45, 7) is 1.96. The van der Waals surface area contributed by atoms with Crippen LogP contribution in [-0.4, -0.2) is 5.78 Å². The standard InChI is InChI=1S/C13H10BrClOS/c1-8-7-10(17-13(8)14)12(16)11(15)9-5-3-2-4-6-9/h2-7,11H,1H3. The average molecular weight is 330 g/mol. The molecule has 1 heterocycles. The second-order valence-corrected chi connectivity index (χ2v) is 6.51. The zero-order valence-electron chi connectivity index (χ0n) is 9.11. The van der Waals surface area contributed by atoms with Gasteiger partial charge in [-0.25, -0.2) is 0 Å². The molecule has 1 nitrogen and oxygen atoms in total. The zero-order chi connectivity index (χ0) is 12.4. The molecule has 0 saturated carbocycles. The molecule has 0 bridgehead atoms. The minimum Gasteiger partial charge on any atom is -0.291 e. The molecule has 0 spiro atoms. The second kappa shape index (κ2) is 5.34. The lowest BCUT2D eigenvalue weighted by Gasteiger charge is -2.06. The van der Waals surface area contributed by atoms with Gasteiger partial charge in [0.2, 0.25) is 0 Å². The molecular formula is C13H10BrClOS. The molecule has 0 aliphatic heterocycles. The van der Waals surface area contributed by atoms with Crippen LogP contribution in [0.25, 0.3) is 0 Å². The predicted octanol–water partition coefficient (Wildman–Crippen LogP) is 4.98. The molecule has 0 fully saturated rings. The van der Waals surface area contributed by atoms with Gasteiger partial charge in [-0.05, 0) is 40.0 Å². The number of thiophene rings is 1. The number of Topliss-reactive ketones (excluding diaryl/α,β-unsaturated/α-hetero) is 1. The third kappa shape index (κ3) is 2.79. The molecule has 0 aliphatic carbocycles. The molecule has 0 radical (unpaired) electrons. The number of aryl methyl sites for hydroxylation is 1. The van der Waals surface area contributed by atoms with Crippen molar-refractivity contribution in [1.29, 1.82) is 0 Å². The molecule has 1 atom stereocenters. The van der Waals surface area contributed by atoms with Crippen molar-refractivity contribution in [2.75, 3.05) is 0 Å². The summed E-state index contributed by atoms with van der Waals surface area (Å²) in [5, 5.41) is -0.610. The lowest BCUT2D eigenvalue weighted by atomic mass is 10.1. The van der Waals surface area contributed by atoms with E-state index in [2.05, 4.69) is 15.9 Å². The van der Waals surface area contributed by atoms with Crippen LogP contribution in [0.2, 0.25) is 0 Å². The summed E-state index contributed by atoms with van der Waals surface area (Å²) in [5.41, 5.74) is 1.90. The van der Waals surface area contributed by atoms with Crippen LogP contribution in [0.15, 0.2) is 40.2 Å². The maximum absolute atomic E-state index is 12.2. The van der Waals surface area contributed by atoms with Crippen molar-refractivity contribution >= 4 is 44.7 Å². The van der Waals surface area contributed by atoms with Gasteiger partial charge in [0.05, 0.1) is 8.66 Å².